The molecule has 1 fully saturated rings. The first-order chi connectivity index (χ1) is 6.15. The lowest BCUT2D eigenvalue weighted by atomic mass is 10.1. The standard InChI is InChI=1S/C10H22N2S/c1-8-6-12(9(2)5-11-8)10(3)7-13-4/h8-11H,5-7H2,1-4H3. The Kier molecular flexibility index (Phi) is 4.56. The quantitative estimate of drug-likeness (QED) is 0.745. The van der Waals surface area contributed by atoms with E-state index in [9.17, 15) is 0 Å². The zero-order valence-electron chi connectivity index (χ0n) is 9.21. The molecule has 0 aliphatic carbocycles. The van der Waals surface area contributed by atoms with Crippen LogP contribution in [0.1, 0.15) is 20.8 Å². The Morgan fingerprint density at radius 1 is 1.54 bits per heavy atom. The van der Waals surface area contributed by atoms with Gasteiger partial charge in [0.25, 0.3) is 0 Å². The van der Waals surface area contributed by atoms with Gasteiger partial charge in [0.2, 0.25) is 0 Å². The highest BCUT2D eigenvalue weighted by Crippen LogP contribution is 2.13. The molecule has 0 spiro atoms. The fraction of sp³-hybridized carbons (Fsp3) is 1.00. The lowest BCUT2D eigenvalue weighted by Crippen LogP contribution is -2.57. The molecule has 0 aromatic carbocycles. The molecule has 0 aromatic rings. The number of hydrogen-bond acceptors (Lipinski definition) is 3. The summed E-state index contributed by atoms with van der Waals surface area (Å²) in [6.07, 6.45) is 2.19. The van der Waals surface area contributed by atoms with Crippen molar-refractivity contribution < 1.29 is 0 Å². The SMILES string of the molecule is CSCC(C)N1CC(C)NCC1C. The molecule has 0 radical (unpaired) electrons. The third-order valence-electron chi connectivity index (χ3n) is 2.79. The Hall–Kier alpha value is 0.270. The summed E-state index contributed by atoms with van der Waals surface area (Å²) >= 11 is 1.94. The monoisotopic (exact) mass is 202 g/mol. The zero-order chi connectivity index (χ0) is 9.84. The first-order valence-electron chi connectivity index (χ1n) is 5.13. The second-order valence-corrected chi connectivity index (χ2v) is 5.07. The molecule has 3 unspecified atom stereocenters. The molecule has 1 aliphatic rings. The molecular formula is C10H22N2S. The van der Waals surface area contributed by atoms with Gasteiger partial charge in [-0.25, -0.2) is 0 Å². The maximum Gasteiger partial charge on any atom is 0.0196 e. The van der Waals surface area contributed by atoms with Gasteiger partial charge in [0.05, 0.1) is 0 Å². The number of rotatable bonds is 3. The zero-order valence-corrected chi connectivity index (χ0v) is 10.0. The van der Waals surface area contributed by atoms with Crippen molar-refractivity contribution in [1.29, 1.82) is 0 Å². The van der Waals surface area contributed by atoms with E-state index in [-0.39, 0.29) is 0 Å². The molecule has 1 aliphatic heterocycles. The highest BCUT2D eigenvalue weighted by Gasteiger charge is 2.25. The van der Waals surface area contributed by atoms with Gasteiger partial charge >= 0.3 is 0 Å². The van der Waals surface area contributed by atoms with E-state index >= 15 is 0 Å². The predicted molar refractivity (Wildman–Crippen MR) is 61.5 cm³/mol. The molecule has 3 heteroatoms. The van der Waals surface area contributed by atoms with E-state index < -0.39 is 0 Å². The van der Waals surface area contributed by atoms with Gasteiger partial charge in [-0.15, -0.1) is 0 Å². The van der Waals surface area contributed by atoms with Gasteiger partial charge in [-0.1, -0.05) is 0 Å². The van der Waals surface area contributed by atoms with Crippen LogP contribution in [0.15, 0.2) is 0 Å². The van der Waals surface area contributed by atoms with Crippen LogP contribution < -0.4 is 5.32 Å². The Morgan fingerprint density at radius 3 is 2.85 bits per heavy atom. The highest BCUT2D eigenvalue weighted by molar-refractivity contribution is 7.98. The van der Waals surface area contributed by atoms with Crippen LogP contribution in [0.2, 0.25) is 0 Å². The molecule has 1 rings (SSSR count). The number of thioether (sulfide) groups is 1. The largest absolute Gasteiger partial charge is 0.311 e. The second kappa shape index (κ2) is 5.23. The highest BCUT2D eigenvalue weighted by atomic mass is 32.2. The van der Waals surface area contributed by atoms with Crippen LogP contribution in [0.5, 0.6) is 0 Å². The molecule has 1 N–H and O–H groups in total. The first-order valence-corrected chi connectivity index (χ1v) is 6.52. The van der Waals surface area contributed by atoms with Crippen molar-refractivity contribution in [2.45, 2.75) is 38.9 Å². The summed E-state index contributed by atoms with van der Waals surface area (Å²) in [6.45, 7) is 9.26. The Balaban J connectivity index is 2.44. The van der Waals surface area contributed by atoms with Crippen LogP contribution in [0.4, 0.5) is 0 Å². The lowest BCUT2D eigenvalue weighted by molar-refractivity contribution is 0.114. The summed E-state index contributed by atoms with van der Waals surface area (Å²) in [7, 11) is 0. The molecule has 0 saturated carbocycles. The normalized spacial score (nSPS) is 33.2. The van der Waals surface area contributed by atoms with E-state index in [2.05, 4.69) is 37.2 Å². The second-order valence-electron chi connectivity index (χ2n) is 4.16. The van der Waals surface area contributed by atoms with Crippen LogP contribution in [0, 0.1) is 0 Å². The Labute approximate surface area is 86.5 Å². The van der Waals surface area contributed by atoms with Crippen molar-refractivity contribution in [3.05, 3.63) is 0 Å². The Bertz CT molecular complexity index is 152. The van der Waals surface area contributed by atoms with Gasteiger partial charge < -0.3 is 5.32 Å². The Morgan fingerprint density at radius 2 is 2.23 bits per heavy atom. The molecule has 78 valence electrons. The summed E-state index contributed by atoms with van der Waals surface area (Å²) in [5, 5.41) is 3.51. The van der Waals surface area contributed by atoms with Crippen molar-refractivity contribution in [1.82, 2.24) is 10.2 Å². The summed E-state index contributed by atoms with van der Waals surface area (Å²) in [5.41, 5.74) is 0. The van der Waals surface area contributed by atoms with Crippen molar-refractivity contribution in [2.75, 3.05) is 25.1 Å². The van der Waals surface area contributed by atoms with Crippen molar-refractivity contribution in [2.24, 2.45) is 0 Å². The van der Waals surface area contributed by atoms with Crippen molar-refractivity contribution >= 4 is 11.8 Å². The summed E-state index contributed by atoms with van der Waals surface area (Å²) in [6, 6.07) is 2.06. The fourth-order valence-electron chi connectivity index (χ4n) is 2.00. The van der Waals surface area contributed by atoms with Gasteiger partial charge in [-0.3, -0.25) is 4.90 Å². The molecule has 1 heterocycles. The fourth-order valence-corrected chi connectivity index (χ4v) is 2.67. The first kappa shape index (κ1) is 11.3. The van der Waals surface area contributed by atoms with Crippen LogP contribution in [-0.2, 0) is 0 Å². The predicted octanol–water partition coefficient (Wildman–Crippen LogP) is 1.42. The molecule has 0 aromatic heterocycles. The van der Waals surface area contributed by atoms with Crippen LogP contribution in [0.25, 0.3) is 0 Å². The summed E-state index contributed by atoms with van der Waals surface area (Å²) < 4.78 is 0. The van der Waals surface area contributed by atoms with Crippen molar-refractivity contribution in [3.8, 4) is 0 Å². The minimum absolute atomic E-state index is 0.653. The molecule has 2 nitrogen and oxygen atoms in total. The molecule has 0 bridgehead atoms. The van der Waals surface area contributed by atoms with E-state index in [1.54, 1.807) is 0 Å². The minimum Gasteiger partial charge on any atom is -0.311 e. The van der Waals surface area contributed by atoms with E-state index in [1.165, 1.54) is 12.3 Å². The smallest absolute Gasteiger partial charge is 0.0196 e. The minimum atomic E-state index is 0.653. The number of piperazine rings is 1. The summed E-state index contributed by atoms with van der Waals surface area (Å²) in [4.78, 5) is 2.62. The van der Waals surface area contributed by atoms with Gasteiger partial charge in [-0.05, 0) is 27.0 Å². The summed E-state index contributed by atoms with van der Waals surface area (Å²) in [5.74, 6) is 1.25. The third-order valence-corrected chi connectivity index (χ3v) is 3.60. The van der Waals surface area contributed by atoms with E-state index in [0.717, 1.165) is 12.6 Å². The van der Waals surface area contributed by atoms with Gasteiger partial charge in [0.15, 0.2) is 0 Å². The van der Waals surface area contributed by atoms with E-state index in [1.807, 2.05) is 11.8 Å². The van der Waals surface area contributed by atoms with Gasteiger partial charge in [0, 0.05) is 37.0 Å². The van der Waals surface area contributed by atoms with Crippen LogP contribution in [-0.4, -0.2) is 48.1 Å². The number of nitrogens with one attached hydrogen (secondary N) is 1. The average molecular weight is 202 g/mol. The molecule has 0 amide bonds. The van der Waals surface area contributed by atoms with Gasteiger partial charge in [0.1, 0.15) is 0 Å². The maximum atomic E-state index is 3.51. The van der Waals surface area contributed by atoms with Crippen LogP contribution >= 0.6 is 11.8 Å². The maximum absolute atomic E-state index is 3.51. The topological polar surface area (TPSA) is 15.3 Å². The third kappa shape index (κ3) is 3.15. The van der Waals surface area contributed by atoms with E-state index in [0.29, 0.717) is 12.1 Å². The lowest BCUT2D eigenvalue weighted by Gasteiger charge is -2.41. The molecular weight excluding hydrogens is 180 g/mol. The van der Waals surface area contributed by atoms with Crippen LogP contribution in [0.3, 0.4) is 0 Å². The van der Waals surface area contributed by atoms with Gasteiger partial charge in [-0.2, -0.15) is 11.8 Å². The van der Waals surface area contributed by atoms with Crippen molar-refractivity contribution in [3.63, 3.8) is 0 Å². The average Bonchev–Trinajstić information content (AvgIpc) is 2.09. The molecule has 3 atom stereocenters. The molecule has 13 heavy (non-hydrogen) atoms. The molecule has 1 saturated heterocycles. The number of hydrogen-bond donors (Lipinski definition) is 1. The van der Waals surface area contributed by atoms with E-state index in [4.69, 9.17) is 0 Å². The number of nitrogens with zero attached hydrogens (tertiary/aromatic N) is 1.